The zero-order valence-electron chi connectivity index (χ0n) is 12.2. The van der Waals surface area contributed by atoms with E-state index >= 15 is 0 Å². The standard InChI is InChI=1S/C14H13ClF3N3O2/c1-7-8(3-9(19)4-10(7)15)6-21-12(22)5-11(14(16,17)18)20(2)13(21)23/h3-5H,6,19H2,1-2H3. The van der Waals surface area contributed by atoms with Crippen LogP contribution < -0.4 is 17.0 Å². The summed E-state index contributed by atoms with van der Waals surface area (Å²) in [5.74, 6) is 0. The summed E-state index contributed by atoms with van der Waals surface area (Å²) >= 11 is 5.98. The third kappa shape index (κ3) is 3.26. The van der Waals surface area contributed by atoms with Crippen LogP contribution in [0.3, 0.4) is 0 Å². The third-order valence-corrected chi connectivity index (χ3v) is 3.89. The minimum atomic E-state index is -4.79. The van der Waals surface area contributed by atoms with E-state index in [9.17, 15) is 22.8 Å². The molecule has 0 bridgehead atoms. The molecule has 1 aromatic heterocycles. The number of nitrogens with two attached hydrogens (primary N) is 1. The maximum absolute atomic E-state index is 12.8. The second-order valence-corrected chi connectivity index (χ2v) is 5.49. The zero-order chi connectivity index (χ0) is 17.5. The number of halogens is 4. The topological polar surface area (TPSA) is 70.0 Å². The molecule has 0 saturated heterocycles. The SMILES string of the molecule is Cc1c(Cl)cc(N)cc1Cn1c(=O)cc(C(F)(F)F)n(C)c1=O. The molecular weight excluding hydrogens is 335 g/mol. The molecule has 2 rings (SSSR count). The Morgan fingerprint density at radius 1 is 1.22 bits per heavy atom. The van der Waals surface area contributed by atoms with Crippen molar-refractivity contribution in [3.05, 3.63) is 60.9 Å². The third-order valence-electron chi connectivity index (χ3n) is 3.50. The zero-order valence-corrected chi connectivity index (χ0v) is 13.0. The van der Waals surface area contributed by atoms with Gasteiger partial charge in [0.15, 0.2) is 0 Å². The quantitative estimate of drug-likeness (QED) is 0.846. The van der Waals surface area contributed by atoms with Crippen molar-refractivity contribution >= 4 is 17.3 Å². The van der Waals surface area contributed by atoms with Crippen molar-refractivity contribution in [2.24, 2.45) is 7.05 Å². The molecular formula is C14H13ClF3N3O2. The monoisotopic (exact) mass is 347 g/mol. The largest absolute Gasteiger partial charge is 0.431 e. The predicted molar refractivity (Wildman–Crippen MR) is 80.6 cm³/mol. The molecule has 5 nitrogen and oxygen atoms in total. The molecule has 124 valence electrons. The maximum atomic E-state index is 12.8. The minimum Gasteiger partial charge on any atom is -0.399 e. The Bertz CT molecular complexity index is 885. The molecule has 0 aliphatic carbocycles. The molecule has 0 amide bonds. The Hall–Kier alpha value is -2.22. The van der Waals surface area contributed by atoms with Crippen LogP contribution in [0.2, 0.25) is 5.02 Å². The van der Waals surface area contributed by atoms with Gasteiger partial charge in [-0.3, -0.25) is 13.9 Å². The lowest BCUT2D eigenvalue weighted by atomic mass is 10.1. The first-order valence-electron chi connectivity index (χ1n) is 6.45. The number of anilines is 1. The second kappa shape index (κ2) is 5.77. The van der Waals surface area contributed by atoms with Gasteiger partial charge in [0.1, 0.15) is 5.69 Å². The smallest absolute Gasteiger partial charge is 0.399 e. The molecule has 0 aliphatic heterocycles. The van der Waals surface area contributed by atoms with Crippen molar-refractivity contribution in [1.82, 2.24) is 9.13 Å². The molecule has 1 aromatic carbocycles. The van der Waals surface area contributed by atoms with E-state index in [2.05, 4.69) is 0 Å². The van der Waals surface area contributed by atoms with Gasteiger partial charge in [0.05, 0.1) is 6.54 Å². The van der Waals surface area contributed by atoms with Gasteiger partial charge in [0, 0.05) is 23.8 Å². The summed E-state index contributed by atoms with van der Waals surface area (Å²) in [4.78, 5) is 24.0. The van der Waals surface area contributed by atoms with Crippen LogP contribution >= 0.6 is 11.6 Å². The van der Waals surface area contributed by atoms with E-state index in [1.54, 1.807) is 6.92 Å². The lowest BCUT2D eigenvalue weighted by molar-refractivity contribution is -0.144. The molecule has 0 fully saturated rings. The van der Waals surface area contributed by atoms with Gasteiger partial charge in [-0.05, 0) is 30.2 Å². The van der Waals surface area contributed by atoms with E-state index in [4.69, 9.17) is 17.3 Å². The molecule has 1 heterocycles. The lowest BCUT2D eigenvalue weighted by Gasteiger charge is -2.15. The van der Waals surface area contributed by atoms with Crippen molar-refractivity contribution in [3.8, 4) is 0 Å². The second-order valence-electron chi connectivity index (χ2n) is 5.08. The highest BCUT2D eigenvalue weighted by Gasteiger charge is 2.34. The van der Waals surface area contributed by atoms with Gasteiger partial charge in [-0.1, -0.05) is 11.6 Å². The molecule has 23 heavy (non-hydrogen) atoms. The van der Waals surface area contributed by atoms with Crippen LogP contribution in [0.4, 0.5) is 18.9 Å². The lowest BCUT2D eigenvalue weighted by Crippen LogP contribution is -2.42. The molecule has 2 aromatic rings. The number of hydrogen-bond acceptors (Lipinski definition) is 3. The number of nitrogen functional groups attached to an aromatic ring is 1. The summed E-state index contributed by atoms with van der Waals surface area (Å²) in [7, 11) is 0.959. The van der Waals surface area contributed by atoms with Crippen molar-refractivity contribution < 1.29 is 13.2 Å². The fraction of sp³-hybridized carbons (Fsp3) is 0.286. The summed E-state index contributed by atoms with van der Waals surface area (Å²) in [5, 5.41) is 0.344. The van der Waals surface area contributed by atoms with Gasteiger partial charge < -0.3 is 5.73 Å². The van der Waals surface area contributed by atoms with Crippen molar-refractivity contribution in [3.63, 3.8) is 0 Å². The van der Waals surface area contributed by atoms with Gasteiger partial charge in [0.25, 0.3) is 5.56 Å². The fourth-order valence-electron chi connectivity index (χ4n) is 2.18. The van der Waals surface area contributed by atoms with Crippen LogP contribution in [0.15, 0.2) is 27.8 Å². The minimum absolute atomic E-state index is 0.222. The number of aromatic nitrogens is 2. The van der Waals surface area contributed by atoms with E-state index in [1.807, 2.05) is 0 Å². The van der Waals surface area contributed by atoms with E-state index in [0.717, 1.165) is 7.05 Å². The molecule has 0 spiro atoms. The molecule has 0 unspecified atom stereocenters. The van der Waals surface area contributed by atoms with Gasteiger partial charge in [-0.15, -0.1) is 0 Å². The highest BCUT2D eigenvalue weighted by atomic mass is 35.5. The van der Waals surface area contributed by atoms with Crippen LogP contribution in [-0.2, 0) is 19.8 Å². The van der Waals surface area contributed by atoms with E-state index < -0.39 is 23.1 Å². The maximum Gasteiger partial charge on any atom is 0.431 e. The Labute approximate surface area is 133 Å². The van der Waals surface area contributed by atoms with Gasteiger partial charge >= 0.3 is 11.9 Å². The van der Waals surface area contributed by atoms with E-state index in [1.165, 1.54) is 12.1 Å². The first kappa shape index (κ1) is 17.1. The van der Waals surface area contributed by atoms with Gasteiger partial charge in [-0.25, -0.2) is 4.79 Å². The first-order valence-corrected chi connectivity index (χ1v) is 6.82. The molecule has 0 atom stereocenters. The van der Waals surface area contributed by atoms with Crippen LogP contribution in [0, 0.1) is 6.92 Å². The van der Waals surface area contributed by atoms with E-state index in [0.29, 0.717) is 37.0 Å². The average molecular weight is 348 g/mol. The molecule has 0 aliphatic rings. The predicted octanol–water partition coefficient (Wildman–Crippen LogP) is 2.16. The van der Waals surface area contributed by atoms with Crippen molar-refractivity contribution in [2.45, 2.75) is 19.6 Å². The highest BCUT2D eigenvalue weighted by molar-refractivity contribution is 6.31. The normalized spacial score (nSPS) is 11.7. The number of benzene rings is 1. The number of rotatable bonds is 2. The highest BCUT2D eigenvalue weighted by Crippen LogP contribution is 2.27. The van der Waals surface area contributed by atoms with E-state index in [-0.39, 0.29) is 6.54 Å². The Morgan fingerprint density at radius 2 is 1.83 bits per heavy atom. The number of hydrogen-bond donors (Lipinski definition) is 1. The summed E-state index contributed by atoms with van der Waals surface area (Å²) in [6.45, 7) is 1.44. The molecule has 9 heteroatoms. The summed E-state index contributed by atoms with van der Waals surface area (Å²) in [6, 6.07) is 3.42. The Kier molecular flexibility index (Phi) is 4.30. The Balaban J connectivity index is 2.62. The number of nitrogens with zero attached hydrogens (tertiary/aromatic N) is 2. The molecule has 0 saturated carbocycles. The van der Waals surface area contributed by atoms with Crippen LogP contribution in [-0.4, -0.2) is 9.13 Å². The van der Waals surface area contributed by atoms with Gasteiger partial charge in [-0.2, -0.15) is 13.2 Å². The molecule has 0 radical (unpaired) electrons. The Morgan fingerprint density at radius 3 is 2.39 bits per heavy atom. The van der Waals surface area contributed by atoms with Crippen LogP contribution in [0.1, 0.15) is 16.8 Å². The van der Waals surface area contributed by atoms with Crippen LogP contribution in [0.5, 0.6) is 0 Å². The first-order chi connectivity index (χ1) is 10.5. The van der Waals surface area contributed by atoms with Crippen molar-refractivity contribution in [1.29, 1.82) is 0 Å². The summed E-state index contributed by atoms with van der Waals surface area (Å²) in [5.41, 5.74) is 3.65. The molecule has 2 N–H and O–H groups in total. The van der Waals surface area contributed by atoms with Crippen LogP contribution in [0.25, 0.3) is 0 Å². The fourth-order valence-corrected chi connectivity index (χ4v) is 2.43. The van der Waals surface area contributed by atoms with Gasteiger partial charge in [0.2, 0.25) is 0 Å². The summed E-state index contributed by atoms with van der Waals surface area (Å²) < 4.78 is 39.5. The van der Waals surface area contributed by atoms with Crippen molar-refractivity contribution in [2.75, 3.05) is 5.73 Å². The number of alkyl halides is 3. The average Bonchev–Trinajstić information content (AvgIpc) is 2.42. The summed E-state index contributed by atoms with van der Waals surface area (Å²) in [6.07, 6.45) is -4.79.